The molecule has 0 aliphatic rings. The zero-order valence-corrected chi connectivity index (χ0v) is 11.4. The highest BCUT2D eigenvalue weighted by molar-refractivity contribution is 5.85. The number of carbonyl (C=O) groups is 1. The van der Waals surface area contributed by atoms with E-state index in [-0.39, 0.29) is 30.5 Å². The minimum atomic E-state index is -4.69. The molecule has 114 valence electrons. The second kappa shape index (κ2) is 8.65. The van der Waals surface area contributed by atoms with Crippen LogP contribution in [0.4, 0.5) is 13.2 Å². The quantitative estimate of drug-likeness (QED) is 0.844. The topological polar surface area (TPSA) is 64.3 Å². The summed E-state index contributed by atoms with van der Waals surface area (Å²) < 4.78 is 39.5. The lowest BCUT2D eigenvalue weighted by molar-refractivity contribution is -0.274. The number of rotatable bonds is 6. The Labute approximate surface area is 120 Å². The van der Waals surface area contributed by atoms with Gasteiger partial charge in [0.15, 0.2) is 0 Å². The van der Waals surface area contributed by atoms with Crippen molar-refractivity contribution in [1.29, 1.82) is 0 Å². The number of aryl methyl sites for hydroxylation is 1. The zero-order chi connectivity index (χ0) is 14.3. The first kappa shape index (κ1) is 18.5. The Morgan fingerprint density at radius 1 is 1.25 bits per heavy atom. The van der Waals surface area contributed by atoms with Gasteiger partial charge in [0.25, 0.3) is 0 Å². The maximum atomic E-state index is 11.9. The van der Waals surface area contributed by atoms with Gasteiger partial charge in [-0.3, -0.25) is 4.79 Å². The lowest BCUT2D eigenvalue weighted by atomic mass is 10.1. The van der Waals surface area contributed by atoms with Gasteiger partial charge < -0.3 is 15.8 Å². The van der Waals surface area contributed by atoms with Crippen LogP contribution < -0.4 is 15.8 Å². The number of nitrogens with two attached hydrogens (primary N) is 1. The molecule has 0 heterocycles. The van der Waals surface area contributed by atoms with Crippen LogP contribution in [0, 0.1) is 0 Å². The Hall–Kier alpha value is -1.47. The van der Waals surface area contributed by atoms with E-state index in [4.69, 9.17) is 5.73 Å². The zero-order valence-electron chi connectivity index (χ0n) is 10.6. The molecule has 0 saturated heterocycles. The van der Waals surface area contributed by atoms with Gasteiger partial charge in [0.05, 0.1) is 0 Å². The monoisotopic (exact) mass is 312 g/mol. The molecule has 20 heavy (non-hydrogen) atoms. The third-order valence-electron chi connectivity index (χ3n) is 2.26. The summed E-state index contributed by atoms with van der Waals surface area (Å²) in [7, 11) is 0. The summed E-state index contributed by atoms with van der Waals surface area (Å²) >= 11 is 0. The Kier molecular flexibility index (Phi) is 8.02. The van der Waals surface area contributed by atoms with E-state index < -0.39 is 6.36 Å². The highest BCUT2D eigenvalue weighted by atomic mass is 35.5. The number of amides is 1. The number of ether oxygens (including phenoxy) is 1. The van der Waals surface area contributed by atoms with Crippen LogP contribution in [0.3, 0.4) is 0 Å². The van der Waals surface area contributed by atoms with Gasteiger partial charge in [-0.15, -0.1) is 25.6 Å². The lowest BCUT2D eigenvalue weighted by Crippen LogP contribution is -2.29. The summed E-state index contributed by atoms with van der Waals surface area (Å²) in [6.07, 6.45) is -3.98. The van der Waals surface area contributed by atoms with Gasteiger partial charge in [-0.1, -0.05) is 12.1 Å². The third-order valence-corrected chi connectivity index (χ3v) is 2.26. The van der Waals surface area contributed by atoms with E-state index in [0.717, 1.165) is 5.56 Å². The molecule has 8 heteroatoms. The van der Waals surface area contributed by atoms with Crippen LogP contribution >= 0.6 is 12.4 Å². The van der Waals surface area contributed by atoms with Gasteiger partial charge in [0.1, 0.15) is 5.75 Å². The molecule has 1 amide bonds. The van der Waals surface area contributed by atoms with E-state index in [1.54, 1.807) is 0 Å². The van der Waals surface area contributed by atoms with Gasteiger partial charge in [0, 0.05) is 19.5 Å². The van der Waals surface area contributed by atoms with Gasteiger partial charge in [-0.2, -0.15) is 0 Å². The molecule has 0 aliphatic heterocycles. The Morgan fingerprint density at radius 2 is 1.85 bits per heavy atom. The molecular weight excluding hydrogens is 297 g/mol. The number of alkyl halides is 3. The number of benzene rings is 1. The number of hydrogen-bond acceptors (Lipinski definition) is 3. The van der Waals surface area contributed by atoms with Crippen LogP contribution in [0.15, 0.2) is 24.3 Å². The molecule has 0 saturated carbocycles. The highest BCUT2D eigenvalue weighted by Crippen LogP contribution is 2.22. The number of hydrogen-bond donors (Lipinski definition) is 2. The van der Waals surface area contributed by atoms with Crippen molar-refractivity contribution in [2.75, 3.05) is 13.1 Å². The smallest absolute Gasteiger partial charge is 0.406 e. The Bertz CT molecular complexity index is 410. The highest BCUT2D eigenvalue weighted by Gasteiger charge is 2.30. The summed E-state index contributed by atoms with van der Waals surface area (Å²) in [6, 6.07) is 5.44. The van der Waals surface area contributed by atoms with Crippen LogP contribution in [0.2, 0.25) is 0 Å². The molecule has 1 rings (SSSR count). The molecule has 0 atom stereocenters. The van der Waals surface area contributed by atoms with Crippen LogP contribution in [0.5, 0.6) is 5.75 Å². The molecule has 4 nitrogen and oxygen atoms in total. The van der Waals surface area contributed by atoms with Crippen molar-refractivity contribution in [3.05, 3.63) is 29.8 Å². The van der Waals surface area contributed by atoms with E-state index in [1.807, 2.05) is 0 Å². The number of carbonyl (C=O) groups excluding carboxylic acids is 1. The average Bonchev–Trinajstić information content (AvgIpc) is 2.33. The van der Waals surface area contributed by atoms with Crippen molar-refractivity contribution in [3.63, 3.8) is 0 Å². The van der Waals surface area contributed by atoms with Crippen molar-refractivity contribution in [3.8, 4) is 5.75 Å². The maximum Gasteiger partial charge on any atom is 0.573 e. The van der Waals surface area contributed by atoms with E-state index in [2.05, 4.69) is 10.1 Å². The van der Waals surface area contributed by atoms with Crippen molar-refractivity contribution < 1.29 is 22.7 Å². The molecule has 1 aromatic rings. The minimum Gasteiger partial charge on any atom is -0.406 e. The summed E-state index contributed by atoms with van der Waals surface area (Å²) in [5.41, 5.74) is 5.99. The first-order valence-corrected chi connectivity index (χ1v) is 5.72. The minimum absolute atomic E-state index is 0. The molecule has 0 unspecified atom stereocenters. The molecule has 1 aromatic carbocycles. The molecule has 0 aliphatic carbocycles. The molecule has 0 spiro atoms. The predicted octanol–water partition coefficient (Wildman–Crippen LogP) is 2.01. The van der Waals surface area contributed by atoms with Gasteiger partial charge >= 0.3 is 6.36 Å². The fourth-order valence-corrected chi connectivity index (χ4v) is 1.42. The summed E-state index contributed by atoms with van der Waals surface area (Å²) in [5, 5.41) is 2.61. The number of halogens is 4. The molecular formula is C12H16ClF3N2O2. The standard InChI is InChI=1S/C12H15F3N2O2.ClH/c13-12(14,15)19-10-4-1-9(2-5-10)3-6-11(18)17-8-7-16;/h1-2,4-5H,3,6-8,16H2,(H,17,18);1H. The van der Waals surface area contributed by atoms with Crippen LogP contribution in [0.25, 0.3) is 0 Å². The summed E-state index contributed by atoms with van der Waals surface area (Å²) in [5.74, 6) is -0.412. The second-order valence-corrected chi connectivity index (χ2v) is 3.83. The van der Waals surface area contributed by atoms with Crippen molar-refractivity contribution in [2.45, 2.75) is 19.2 Å². The summed E-state index contributed by atoms with van der Waals surface area (Å²) in [6.45, 7) is 0.784. The van der Waals surface area contributed by atoms with Crippen molar-refractivity contribution in [1.82, 2.24) is 5.32 Å². The van der Waals surface area contributed by atoms with Crippen LogP contribution in [-0.2, 0) is 11.2 Å². The molecule has 0 bridgehead atoms. The Balaban J connectivity index is 0.00000361. The van der Waals surface area contributed by atoms with E-state index in [9.17, 15) is 18.0 Å². The van der Waals surface area contributed by atoms with Crippen molar-refractivity contribution in [2.24, 2.45) is 5.73 Å². The van der Waals surface area contributed by atoms with E-state index >= 15 is 0 Å². The molecule has 0 aromatic heterocycles. The molecule has 0 radical (unpaired) electrons. The van der Waals surface area contributed by atoms with Crippen LogP contribution in [0.1, 0.15) is 12.0 Å². The van der Waals surface area contributed by atoms with Crippen LogP contribution in [-0.4, -0.2) is 25.4 Å². The predicted molar refractivity (Wildman–Crippen MR) is 70.8 cm³/mol. The first-order valence-electron chi connectivity index (χ1n) is 5.72. The summed E-state index contributed by atoms with van der Waals surface area (Å²) in [4.78, 5) is 11.3. The normalized spacial score (nSPS) is 10.6. The second-order valence-electron chi connectivity index (χ2n) is 3.83. The fraction of sp³-hybridized carbons (Fsp3) is 0.417. The van der Waals surface area contributed by atoms with Gasteiger partial charge in [-0.25, -0.2) is 0 Å². The average molecular weight is 313 g/mol. The molecule has 0 fully saturated rings. The van der Waals surface area contributed by atoms with E-state index in [0.29, 0.717) is 19.5 Å². The fourth-order valence-electron chi connectivity index (χ4n) is 1.42. The number of nitrogens with one attached hydrogen (secondary N) is 1. The first-order chi connectivity index (χ1) is 8.90. The molecule has 3 N–H and O–H groups in total. The van der Waals surface area contributed by atoms with Gasteiger partial charge in [0.2, 0.25) is 5.91 Å². The SMILES string of the molecule is Cl.NCCNC(=O)CCc1ccc(OC(F)(F)F)cc1. The largest absolute Gasteiger partial charge is 0.573 e. The van der Waals surface area contributed by atoms with Crippen molar-refractivity contribution >= 4 is 18.3 Å². The lowest BCUT2D eigenvalue weighted by Gasteiger charge is -2.09. The van der Waals surface area contributed by atoms with Gasteiger partial charge in [-0.05, 0) is 24.1 Å². The van der Waals surface area contributed by atoms with E-state index in [1.165, 1.54) is 24.3 Å². The maximum absolute atomic E-state index is 11.9. The third kappa shape index (κ3) is 7.85. The Morgan fingerprint density at radius 3 is 2.35 bits per heavy atom.